The first-order valence-electron chi connectivity index (χ1n) is 9.52. The average Bonchev–Trinajstić information content (AvgIpc) is 3.37. The van der Waals surface area contributed by atoms with Gasteiger partial charge in [-0.05, 0) is 32.9 Å². The Morgan fingerprint density at radius 1 is 1.17 bits per heavy atom. The van der Waals surface area contributed by atoms with Crippen molar-refractivity contribution in [2.45, 2.75) is 20.8 Å². The predicted octanol–water partition coefficient (Wildman–Crippen LogP) is 4.18. The number of fused-ring (bicyclic) bond motifs is 3. The zero-order valence-corrected chi connectivity index (χ0v) is 17.4. The normalized spacial score (nSPS) is 11.5. The summed E-state index contributed by atoms with van der Waals surface area (Å²) in [5.74, 6) is 3.68. The van der Waals surface area contributed by atoms with Gasteiger partial charge in [0.2, 0.25) is 0 Å². The molecule has 0 bridgehead atoms. The van der Waals surface area contributed by atoms with E-state index in [9.17, 15) is 0 Å². The van der Waals surface area contributed by atoms with Crippen molar-refractivity contribution in [3.05, 3.63) is 41.7 Å². The van der Waals surface area contributed by atoms with E-state index < -0.39 is 0 Å². The summed E-state index contributed by atoms with van der Waals surface area (Å²) in [6.07, 6.45) is 1.74. The van der Waals surface area contributed by atoms with E-state index in [4.69, 9.17) is 9.26 Å². The number of H-pyrrole nitrogens is 1. The maximum Gasteiger partial charge on any atom is 0.145 e. The SMILES string of the molecule is COc1cc2c(cc1-c1c(C)noc1C)[nH]c1nc(C)nc(Nc3ccnn3C)c12. The quantitative estimate of drug-likeness (QED) is 0.464. The van der Waals surface area contributed by atoms with E-state index in [-0.39, 0.29) is 0 Å². The van der Waals surface area contributed by atoms with Crippen LogP contribution in [0.2, 0.25) is 0 Å². The number of hydrogen-bond donors (Lipinski definition) is 2. The van der Waals surface area contributed by atoms with Crippen molar-refractivity contribution in [3.8, 4) is 16.9 Å². The summed E-state index contributed by atoms with van der Waals surface area (Å²) >= 11 is 0. The largest absolute Gasteiger partial charge is 0.496 e. The van der Waals surface area contributed by atoms with Crippen LogP contribution in [0.1, 0.15) is 17.3 Å². The second-order valence-corrected chi connectivity index (χ2v) is 7.23. The second kappa shape index (κ2) is 6.58. The van der Waals surface area contributed by atoms with Crippen LogP contribution < -0.4 is 10.1 Å². The van der Waals surface area contributed by atoms with Crippen molar-refractivity contribution in [2.75, 3.05) is 12.4 Å². The van der Waals surface area contributed by atoms with Crippen LogP contribution in [0.3, 0.4) is 0 Å². The minimum atomic E-state index is 0.664. The maximum absolute atomic E-state index is 5.74. The molecular formula is C21H21N7O2. The third kappa shape index (κ3) is 2.70. The number of nitrogens with zero attached hydrogens (tertiary/aromatic N) is 5. The van der Waals surface area contributed by atoms with Crippen molar-refractivity contribution in [2.24, 2.45) is 7.05 Å². The van der Waals surface area contributed by atoms with Crippen LogP contribution in [0.25, 0.3) is 33.1 Å². The molecule has 0 radical (unpaired) electrons. The number of aromatic amines is 1. The molecule has 4 heterocycles. The molecule has 30 heavy (non-hydrogen) atoms. The lowest BCUT2D eigenvalue weighted by atomic mass is 10.0. The number of anilines is 2. The van der Waals surface area contributed by atoms with E-state index in [1.165, 1.54) is 0 Å². The molecule has 0 saturated carbocycles. The predicted molar refractivity (Wildman–Crippen MR) is 114 cm³/mol. The number of ether oxygens (including phenoxy) is 1. The Morgan fingerprint density at radius 2 is 2.00 bits per heavy atom. The fourth-order valence-corrected chi connectivity index (χ4v) is 3.88. The number of benzene rings is 1. The summed E-state index contributed by atoms with van der Waals surface area (Å²) in [6.45, 7) is 5.69. The van der Waals surface area contributed by atoms with Crippen molar-refractivity contribution >= 4 is 33.6 Å². The number of aryl methyl sites for hydroxylation is 4. The summed E-state index contributed by atoms with van der Waals surface area (Å²) in [4.78, 5) is 12.7. The topological polar surface area (TPSA) is 107 Å². The maximum atomic E-state index is 5.74. The zero-order valence-electron chi connectivity index (χ0n) is 17.4. The number of methoxy groups -OCH3 is 1. The molecule has 5 rings (SSSR count). The highest BCUT2D eigenvalue weighted by Crippen LogP contribution is 2.40. The van der Waals surface area contributed by atoms with Crippen LogP contribution in [0, 0.1) is 20.8 Å². The molecule has 0 atom stereocenters. The molecule has 1 aromatic carbocycles. The van der Waals surface area contributed by atoms with Gasteiger partial charge < -0.3 is 19.6 Å². The van der Waals surface area contributed by atoms with Crippen LogP contribution in [0.5, 0.6) is 5.75 Å². The Bertz CT molecular complexity index is 1390. The molecule has 0 aliphatic rings. The summed E-state index contributed by atoms with van der Waals surface area (Å²) < 4.78 is 12.9. The van der Waals surface area contributed by atoms with E-state index in [0.717, 1.165) is 56.1 Å². The molecule has 4 aromatic heterocycles. The third-order valence-electron chi connectivity index (χ3n) is 5.25. The van der Waals surface area contributed by atoms with Gasteiger partial charge in [-0.3, -0.25) is 4.68 Å². The average molecular weight is 403 g/mol. The van der Waals surface area contributed by atoms with Crippen molar-refractivity contribution < 1.29 is 9.26 Å². The highest BCUT2D eigenvalue weighted by molar-refractivity contribution is 6.13. The minimum Gasteiger partial charge on any atom is -0.496 e. The van der Waals surface area contributed by atoms with Crippen LogP contribution in [-0.4, -0.2) is 37.0 Å². The minimum absolute atomic E-state index is 0.664. The lowest BCUT2D eigenvalue weighted by Crippen LogP contribution is -2.02. The van der Waals surface area contributed by atoms with Gasteiger partial charge in [-0.15, -0.1) is 0 Å². The zero-order chi connectivity index (χ0) is 21.0. The molecule has 0 unspecified atom stereocenters. The van der Waals surface area contributed by atoms with Gasteiger partial charge in [0, 0.05) is 29.6 Å². The van der Waals surface area contributed by atoms with Crippen LogP contribution in [0.4, 0.5) is 11.6 Å². The van der Waals surface area contributed by atoms with E-state index in [1.54, 1.807) is 18.0 Å². The summed E-state index contributed by atoms with van der Waals surface area (Å²) in [7, 11) is 3.54. The van der Waals surface area contributed by atoms with E-state index >= 15 is 0 Å². The molecule has 0 saturated heterocycles. The van der Waals surface area contributed by atoms with Gasteiger partial charge in [0.1, 0.15) is 34.6 Å². The molecule has 0 amide bonds. The van der Waals surface area contributed by atoms with Gasteiger partial charge >= 0.3 is 0 Å². The van der Waals surface area contributed by atoms with Gasteiger partial charge in [0.15, 0.2) is 0 Å². The van der Waals surface area contributed by atoms with Gasteiger partial charge in [-0.2, -0.15) is 5.10 Å². The van der Waals surface area contributed by atoms with E-state index in [2.05, 4.69) is 30.5 Å². The molecule has 152 valence electrons. The van der Waals surface area contributed by atoms with Crippen molar-refractivity contribution in [1.82, 2.24) is 29.9 Å². The summed E-state index contributed by atoms with van der Waals surface area (Å²) in [6, 6.07) is 5.95. The monoisotopic (exact) mass is 403 g/mol. The molecule has 0 fully saturated rings. The van der Waals surface area contributed by atoms with Gasteiger partial charge in [-0.25, -0.2) is 9.97 Å². The highest BCUT2D eigenvalue weighted by atomic mass is 16.5. The summed E-state index contributed by atoms with van der Waals surface area (Å²) in [5.41, 5.74) is 4.34. The van der Waals surface area contributed by atoms with Gasteiger partial charge in [-0.1, -0.05) is 5.16 Å². The van der Waals surface area contributed by atoms with Gasteiger partial charge in [0.05, 0.1) is 30.0 Å². The Balaban J connectivity index is 1.78. The first-order chi connectivity index (χ1) is 14.5. The lowest BCUT2D eigenvalue weighted by Gasteiger charge is -2.10. The molecular weight excluding hydrogens is 382 g/mol. The molecule has 0 aliphatic carbocycles. The van der Waals surface area contributed by atoms with Crippen molar-refractivity contribution in [1.29, 1.82) is 0 Å². The fourth-order valence-electron chi connectivity index (χ4n) is 3.88. The molecule has 0 aliphatic heterocycles. The number of aromatic nitrogens is 6. The third-order valence-corrected chi connectivity index (χ3v) is 5.25. The second-order valence-electron chi connectivity index (χ2n) is 7.23. The first kappa shape index (κ1) is 18.2. The first-order valence-corrected chi connectivity index (χ1v) is 9.52. The Labute approximate surface area is 172 Å². The van der Waals surface area contributed by atoms with Crippen LogP contribution in [0.15, 0.2) is 28.9 Å². The highest BCUT2D eigenvalue weighted by Gasteiger charge is 2.20. The smallest absolute Gasteiger partial charge is 0.145 e. The number of rotatable bonds is 4. The lowest BCUT2D eigenvalue weighted by molar-refractivity contribution is 0.393. The molecule has 9 heteroatoms. The van der Waals surface area contributed by atoms with Gasteiger partial charge in [0.25, 0.3) is 0 Å². The Hall–Kier alpha value is -3.88. The Morgan fingerprint density at radius 3 is 2.67 bits per heavy atom. The van der Waals surface area contributed by atoms with E-state index in [1.807, 2.05) is 46.0 Å². The number of nitrogens with one attached hydrogen (secondary N) is 2. The number of hydrogen-bond acceptors (Lipinski definition) is 7. The fraction of sp³-hybridized carbons (Fsp3) is 0.238. The molecule has 5 aromatic rings. The Kier molecular flexibility index (Phi) is 3.99. The van der Waals surface area contributed by atoms with Crippen LogP contribution >= 0.6 is 0 Å². The molecule has 2 N–H and O–H groups in total. The van der Waals surface area contributed by atoms with Crippen LogP contribution in [-0.2, 0) is 7.05 Å². The van der Waals surface area contributed by atoms with E-state index in [0.29, 0.717) is 11.6 Å². The standard InChI is InChI=1S/C21H21N7O2/c1-10-18(11(2)30-27-10)14-8-15-13(9-16(14)29-5)19-20(25-15)23-12(3)24-21(19)26-17-6-7-22-28(17)4/h6-9H,1-5H3,(H2,23,24,25,26). The summed E-state index contributed by atoms with van der Waals surface area (Å²) in [5, 5.41) is 13.5. The molecule has 0 spiro atoms. The molecule has 9 nitrogen and oxygen atoms in total. The van der Waals surface area contributed by atoms with Crippen molar-refractivity contribution in [3.63, 3.8) is 0 Å².